The number of ketones is 1. The molecule has 3 aromatic rings. The number of aryl methyl sites for hydroxylation is 1. The number of hydrogen-bond acceptors (Lipinski definition) is 4. The fourth-order valence-corrected chi connectivity index (χ4v) is 3.20. The summed E-state index contributed by atoms with van der Waals surface area (Å²) in [5, 5.41) is 8.38. The second kappa shape index (κ2) is 6.03. The van der Waals surface area contributed by atoms with E-state index in [0.29, 0.717) is 16.5 Å². The van der Waals surface area contributed by atoms with Gasteiger partial charge >= 0.3 is 0 Å². The Kier molecular flexibility index (Phi) is 4.05. The Hall–Kier alpha value is -2.76. The molecule has 2 aromatic heterocycles. The molecule has 0 saturated heterocycles. The summed E-state index contributed by atoms with van der Waals surface area (Å²) in [4.78, 5) is 25.1. The molecule has 124 valence electrons. The van der Waals surface area contributed by atoms with Crippen molar-refractivity contribution >= 4 is 16.7 Å². The van der Waals surface area contributed by atoms with Gasteiger partial charge in [0.25, 0.3) is 5.56 Å². The van der Waals surface area contributed by atoms with Crippen molar-refractivity contribution in [1.82, 2.24) is 19.6 Å². The molecule has 6 nitrogen and oxygen atoms in total. The molecule has 0 aliphatic carbocycles. The molecule has 6 heteroatoms. The maximum Gasteiger partial charge on any atom is 0.278 e. The lowest BCUT2D eigenvalue weighted by Gasteiger charge is -2.13. The van der Waals surface area contributed by atoms with Crippen LogP contribution in [0, 0.1) is 13.8 Å². The lowest BCUT2D eigenvalue weighted by atomic mass is 10.1. The standard InChI is InChI=1S/C18H20N4O2/c1-11(2)22-12(3)9-15(13(22)4)17(23)10-21-18(24)14-7-5-6-8-16(14)19-20-21/h5-9,11H,10H2,1-4H3. The first-order chi connectivity index (χ1) is 11.4. The summed E-state index contributed by atoms with van der Waals surface area (Å²) in [6.07, 6.45) is 0. The third-order valence-electron chi connectivity index (χ3n) is 4.22. The van der Waals surface area contributed by atoms with Crippen molar-refractivity contribution in [3.05, 3.63) is 57.6 Å². The average Bonchev–Trinajstić information content (AvgIpc) is 2.85. The Balaban J connectivity index is 1.98. The highest BCUT2D eigenvalue weighted by Crippen LogP contribution is 2.20. The smallest absolute Gasteiger partial charge is 0.278 e. The number of hydrogen-bond donors (Lipinski definition) is 0. The van der Waals surface area contributed by atoms with Crippen molar-refractivity contribution < 1.29 is 4.79 Å². The second-order valence-electron chi connectivity index (χ2n) is 6.24. The van der Waals surface area contributed by atoms with Crippen molar-refractivity contribution in [2.75, 3.05) is 0 Å². The van der Waals surface area contributed by atoms with Crippen molar-refractivity contribution in [3.63, 3.8) is 0 Å². The van der Waals surface area contributed by atoms with E-state index in [1.54, 1.807) is 24.3 Å². The summed E-state index contributed by atoms with van der Waals surface area (Å²) in [5.74, 6) is -0.137. The minimum atomic E-state index is -0.299. The topological polar surface area (TPSA) is 69.8 Å². The molecule has 0 spiro atoms. The van der Waals surface area contributed by atoms with Crippen LogP contribution in [0.3, 0.4) is 0 Å². The average molecular weight is 324 g/mol. The van der Waals surface area contributed by atoms with Gasteiger partial charge < -0.3 is 4.57 Å². The van der Waals surface area contributed by atoms with Crippen LogP contribution in [0.4, 0.5) is 0 Å². The minimum Gasteiger partial charge on any atom is -0.346 e. The molecule has 1 aromatic carbocycles. The predicted octanol–water partition coefficient (Wildman–Crippen LogP) is 2.67. The largest absolute Gasteiger partial charge is 0.346 e. The Morgan fingerprint density at radius 1 is 1.21 bits per heavy atom. The molecule has 0 N–H and O–H groups in total. The number of fused-ring (bicyclic) bond motifs is 1. The lowest BCUT2D eigenvalue weighted by molar-refractivity contribution is 0.0964. The Labute approximate surface area is 139 Å². The molecular weight excluding hydrogens is 304 g/mol. The van der Waals surface area contributed by atoms with E-state index in [-0.39, 0.29) is 23.9 Å². The number of carbonyl (C=O) groups excluding carboxylic acids is 1. The van der Waals surface area contributed by atoms with Crippen LogP contribution < -0.4 is 5.56 Å². The summed E-state index contributed by atoms with van der Waals surface area (Å²) in [5.41, 5.74) is 2.80. The highest BCUT2D eigenvalue weighted by Gasteiger charge is 2.18. The fraction of sp³-hybridized carbons (Fsp3) is 0.333. The number of benzene rings is 1. The molecule has 2 heterocycles. The SMILES string of the molecule is Cc1cc(C(=O)Cn2nnc3ccccc3c2=O)c(C)n1C(C)C. The van der Waals surface area contributed by atoms with Gasteiger partial charge in [0, 0.05) is 23.0 Å². The van der Waals surface area contributed by atoms with Crippen LogP contribution >= 0.6 is 0 Å². The molecule has 0 bridgehead atoms. The maximum atomic E-state index is 12.7. The minimum absolute atomic E-state index is 0.112. The molecule has 0 unspecified atom stereocenters. The quantitative estimate of drug-likeness (QED) is 0.692. The van der Waals surface area contributed by atoms with Gasteiger partial charge in [-0.1, -0.05) is 17.3 Å². The van der Waals surface area contributed by atoms with Crippen LogP contribution in [-0.2, 0) is 6.54 Å². The molecule has 3 rings (SSSR count). The van der Waals surface area contributed by atoms with Crippen molar-refractivity contribution in [2.24, 2.45) is 0 Å². The van der Waals surface area contributed by atoms with Gasteiger partial charge in [-0.3, -0.25) is 9.59 Å². The van der Waals surface area contributed by atoms with Crippen LogP contribution in [0.25, 0.3) is 10.9 Å². The summed E-state index contributed by atoms with van der Waals surface area (Å²) < 4.78 is 3.24. The van der Waals surface area contributed by atoms with Crippen LogP contribution in [0.2, 0.25) is 0 Å². The molecule has 0 aliphatic rings. The van der Waals surface area contributed by atoms with Gasteiger partial charge in [0.1, 0.15) is 12.1 Å². The van der Waals surface area contributed by atoms with E-state index in [4.69, 9.17) is 0 Å². The van der Waals surface area contributed by atoms with E-state index < -0.39 is 0 Å². The maximum absolute atomic E-state index is 12.7. The van der Waals surface area contributed by atoms with Gasteiger partial charge in [0.2, 0.25) is 0 Å². The zero-order chi connectivity index (χ0) is 17.4. The van der Waals surface area contributed by atoms with Gasteiger partial charge in [-0.15, -0.1) is 5.10 Å². The Bertz CT molecular complexity index is 982. The van der Waals surface area contributed by atoms with E-state index >= 15 is 0 Å². The van der Waals surface area contributed by atoms with Gasteiger partial charge in [0.05, 0.1) is 5.39 Å². The molecule has 24 heavy (non-hydrogen) atoms. The highest BCUT2D eigenvalue weighted by molar-refractivity contribution is 5.97. The molecule has 0 aliphatic heterocycles. The molecule has 0 fully saturated rings. The third-order valence-corrected chi connectivity index (χ3v) is 4.22. The van der Waals surface area contributed by atoms with E-state index in [1.807, 2.05) is 19.9 Å². The van der Waals surface area contributed by atoms with E-state index in [2.05, 4.69) is 28.7 Å². The Morgan fingerprint density at radius 3 is 2.58 bits per heavy atom. The first-order valence-electron chi connectivity index (χ1n) is 7.94. The summed E-state index contributed by atoms with van der Waals surface area (Å²) in [7, 11) is 0. The van der Waals surface area contributed by atoms with Crippen LogP contribution in [-0.4, -0.2) is 25.3 Å². The summed E-state index contributed by atoms with van der Waals surface area (Å²) in [6, 6.07) is 9.14. The number of aromatic nitrogens is 4. The zero-order valence-electron chi connectivity index (χ0n) is 14.3. The summed E-state index contributed by atoms with van der Waals surface area (Å²) >= 11 is 0. The molecule has 0 atom stereocenters. The first kappa shape index (κ1) is 16.1. The fourth-order valence-electron chi connectivity index (χ4n) is 3.20. The number of carbonyl (C=O) groups is 1. The van der Waals surface area contributed by atoms with Crippen molar-refractivity contribution in [3.8, 4) is 0 Å². The van der Waals surface area contributed by atoms with E-state index in [1.165, 1.54) is 0 Å². The van der Waals surface area contributed by atoms with E-state index in [0.717, 1.165) is 16.1 Å². The Morgan fingerprint density at radius 2 is 1.92 bits per heavy atom. The van der Waals surface area contributed by atoms with E-state index in [9.17, 15) is 9.59 Å². The summed E-state index contributed by atoms with van der Waals surface area (Å²) in [6.45, 7) is 7.95. The number of Topliss-reactive ketones (excluding diaryl/α,β-unsaturated/α-hetero) is 1. The normalized spacial score (nSPS) is 11.4. The molecule has 0 amide bonds. The van der Waals surface area contributed by atoms with Crippen LogP contribution in [0.5, 0.6) is 0 Å². The molecule has 0 saturated carbocycles. The zero-order valence-corrected chi connectivity index (χ0v) is 14.3. The van der Waals surface area contributed by atoms with Crippen LogP contribution in [0.1, 0.15) is 41.6 Å². The predicted molar refractivity (Wildman–Crippen MR) is 92.4 cm³/mol. The van der Waals surface area contributed by atoms with Gasteiger partial charge in [-0.05, 0) is 45.9 Å². The van der Waals surface area contributed by atoms with Crippen molar-refractivity contribution in [1.29, 1.82) is 0 Å². The number of nitrogens with zero attached hydrogens (tertiary/aromatic N) is 4. The van der Waals surface area contributed by atoms with Gasteiger partial charge in [-0.25, -0.2) is 4.68 Å². The lowest BCUT2D eigenvalue weighted by Crippen LogP contribution is -2.28. The number of rotatable bonds is 4. The van der Waals surface area contributed by atoms with Gasteiger partial charge in [-0.2, -0.15) is 0 Å². The van der Waals surface area contributed by atoms with Gasteiger partial charge in [0.15, 0.2) is 5.78 Å². The molecule has 0 radical (unpaired) electrons. The van der Waals surface area contributed by atoms with Crippen molar-refractivity contribution in [2.45, 2.75) is 40.3 Å². The van der Waals surface area contributed by atoms with Crippen LogP contribution in [0.15, 0.2) is 35.1 Å². The first-order valence-corrected chi connectivity index (χ1v) is 7.94. The monoisotopic (exact) mass is 324 g/mol. The third kappa shape index (κ3) is 2.64. The second-order valence-corrected chi connectivity index (χ2v) is 6.24. The highest BCUT2D eigenvalue weighted by atomic mass is 16.1. The molecular formula is C18H20N4O2.